The van der Waals surface area contributed by atoms with Crippen LogP contribution in [-0.4, -0.2) is 12.1 Å². The molecule has 3 aromatic rings. The SMILES string of the molecule is COc1ccc2nc(-c3ccccc3C#N)oc2c1. The standard InChI is InChI=1S/C15H10N2O2/c1-18-11-6-7-13-14(8-11)19-15(17-13)12-5-3-2-4-10(12)9-16/h2-8H,1H3. The summed E-state index contributed by atoms with van der Waals surface area (Å²) >= 11 is 0. The molecule has 0 atom stereocenters. The number of methoxy groups -OCH3 is 1. The van der Waals surface area contributed by atoms with Crippen molar-refractivity contribution in [3.63, 3.8) is 0 Å². The van der Waals surface area contributed by atoms with Crippen LogP contribution in [0.1, 0.15) is 5.56 Å². The van der Waals surface area contributed by atoms with E-state index < -0.39 is 0 Å². The lowest BCUT2D eigenvalue weighted by Crippen LogP contribution is -1.82. The molecular formula is C15H10N2O2. The summed E-state index contributed by atoms with van der Waals surface area (Å²) in [5.74, 6) is 1.16. The Balaban J connectivity index is 2.18. The van der Waals surface area contributed by atoms with Crippen LogP contribution in [0.15, 0.2) is 46.9 Å². The van der Waals surface area contributed by atoms with E-state index in [1.807, 2.05) is 30.3 Å². The Labute approximate surface area is 109 Å². The van der Waals surface area contributed by atoms with Crippen LogP contribution in [0.5, 0.6) is 5.75 Å². The maximum atomic E-state index is 9.10. The minimum atomic E-state index is 0.445. The lowest BCUT2D eigenvalue weighted by Gasteiger charge is -1.97. The van der Waals surface area contributed by atoms with Crippen LogP contribution in [0.4, 0.5) is 0 Å². The maximum Gasteiger partial charge on any atom is 0.228 e. The van der Waals surface area contributed by atoms with Crippen LogP contribution in [-0.2, 0) is 0 Å². The number of fused-ring (bicyclic) bond motifs is 1. The minimum absolute atomic E-state index is 0.445. The summed E-state index contributed by atoms with van der Waals surface area (Å²) in [4.78, 5) is 4.39. The molecular weight excluding hydrogens is 240 g/mol. The van der Waals surface area contributed by atoms with Gasteiger partial charge in [-0.1, -0.05) is 12.1 Å². The monoisotopic (exact) mass is 250 g/mol. The van der Waals surface area contributed by atoms with Gasteiger partial charge in [0.25, 0.3) is 0 Å². The van der Waals surface area contributed by atoms with E-state index >= 15 is 0 Å². The van der Waals surface area contributed by atoms with E-state index in [-0.39, 0.29) is 0 Å². The molecule has 4 nitrogen and oxygen atoms in total. The van der Waals surface area contributed by atoms with Gasteiger partial charge in [0, 0.05) is 6.07 Å². The van der Waals surface area contributed by atoms with E-state index in [0.29, 0.717) is 28.4 Å². The van der Waals surface area contributed by atoms with E-state index in [1.165, 1.54) is 0 Å². The fourth-order valence-electron chi connectivity index (χ4n) is 1.91. The molecule has 0 N–H and O–H groups in total. The molecule has 0 radical (unpaired) electrons. The van der Waals surface area contributed by atoms with Gasteiger partial charge in [0.15, 0.2) is 5.58 Å². The van der Waals surface area contributed by atoms with Crippen molar-refractivity contribution >= 4 is 11.1 Å². The third kappa shape index (κ3) is 1.91. The van der Waals surface area contributed by atoms with Gasteiger partial charge in [-0.25, -0.2) is 4.98 Å². The van der Waals surface area contributed by atoms with Crippen LogP contribution < -0.4 is 4.74 Å². The number of nitriles is 1. The van der Waals surface area contributed by atoms with Crippen molar-refractivity contribution < 1.29 is 9.15 Å². The van der Waals surface area contributed by atoms with Gasteiger partial charge in [0.2, 0.25) is 5.89 Å². The molecule has 0 aliphatic carbocycles. The Morgan fingerprint density at radius 3 is 2.84 bits per heavy atom. The minimum Gasteiger partial charge on any atom is -0.497 e. The van der Waals surface area contributed by atoms with Gasteiger partial charge >= 0.3 is 0 Å². The van der Waals surface area contributed by atoms with Crippen molar-refractivity contribution in [3.05, 3.63) is 48.0 Å². The summed E-state index contributed by atoms with van der Waals surface area (Å²) in [6, 6.07) is 14.8. The summed E-state index contributed by atoms with van der Waals surface area (Å²) in [5, 5.41) is 9.10. The summed E-state index contributed by atoms with van der Waals surface area (Å²) in [7, 11) is 1.60. The van der Waals surface area contributed by atoms with E-state index in [2.05, 4.69) is 11.1 Å². The van der Waals surface area contributed by atoms with Crippen LogP contribution in [0.2, 0.25) is 0 Å². The third-order valence-electron chi connectivity index (χ3n) is 2.87. The zero-order valence-corrected chi connectivity index (χ0v) is 10.3. The molecule has 1 aromatic heterocycles. The van der Waals surface area contributed by atoms with Gasteiger partial charge in [0.05, 0.1) is 24.3 Å². The molecule has 0 unspecified atom stereocenters. The van der Waals surface area contributed by atoms with Crippen molar-refractivity contribution in [2.24, 2.45) is 0 Å². The lowest BCUT2D eigenvalue weighted by molar-refractivity contribution is 0.414. The quantitative estimate of drug-likeness (QED) is 0.699. The molecule has 0 aliphatic rings. The van der Waals surface area contributed by atoms with E-state index in [9.17, 15) is 0 Å². The van der Waals surface area contributed by atoms with Gasteiger partial charge < -0.3 is 9.15 Å². The fourth-order valence-corrected chi connectivity index (χ4v) is 1.91. The van der Waals surface area contributed by atoms with Gasteiger partial charge in [0.1, 0.15) is 11.3 Å². The van der Waals surface area contributed by atoms with E-state index in [4.69, 9.17) is 14.4 Å². The van der Waals surface area contributed by atoms with Crippen molar-refractivity contribution in [1.29, 1.82) is 5.26 Å². The van der Waals surface area contributed by atoms with Crippen LogP contribution >= 0.6 is 0 Å². The zero-order chi connectivity index (χ0) is 13.2. The molecule has 0 bridgehead atoms. The molecule has 0 aliphatic heterocycles. The van der Waals surface area contributed by atoms with Crippen LogP contribution in [0.25, 0.3) is 22.6 Å². The topological polar surface area (TPSA) is 59.0 Å². The second kappa shape index (κ2) is 4.46. The highest BCUT2D eigenvalue weighted by Gasteiger charge is 2.12. The second-order valence-corrected chi connectivity index (χ2v) is 4.01. The number of hydrogen-bond acceptors (Lipinski definition) is 4. The first-order valence-corrected chi connectivity index (χ1v) is 5.76. The average molecular weight is 250 g/mol. The number of ether oxygens (including phenoxy) is 1. The average Bonchev–Trinajstić information content (AvgIpc) is 2.89. The van der Waals surface area contributed by atoms with Gasteiger partial charge in [-0.2, -0.15) is 5.26 Å². The van der Waals surface area contributed by atoms with Gasteiger partial charge in [-0.3, -0.25) is 0 Å². The molecule has 2 aromatic carbocycles. The molecule has 0 spiro atoms. The Bertz CT molecular complexity index is 784. The van der Waals surface area contributed by atoms with E-state index in [1.54, 1.807) is 19.2 Å². The Morgan fingerprint density at radius 1 is 1.21 bits per heavy atom. The summed E-state index contributed by atoms with van der Waals surface area (Å²) in [6.07, 6.45) is 0. The molecule has 0 saturated carbocycles. The normalized spacial score (nSPS) is 10.3. The number of oxazole rings is 1. The van der Waals surface area contributed by atoms with Crippen LogP contribution in [0.3, 0.4) is 0 Å². The Morgan fingerprint density at radius 2 is 2.05 bits per heavy atom. The van der Waals surface area contributed by atoms with Gasteiger partial charge in [-0.15, -0.1) is 0 Å². The second-order valence-electron chi connectivity index (χ2n) is 4.01. The molecule has 3 rings (SSSR count). The molecule has 4 heteroatoms. The number of rotatable bonds is 2. The predicted molar refractivity (Wildman–Crippen MR) is 70.7 cm³/mol. The van der Waals surface area contributed by atoms with Crippen molar-refractivity contribution in [3.8, 4) is 23.3 Å². The lowest BCUT2D eigenvalue weighted by atomic mass is 10.1. The fraction of sp³-hybridized carbons (Fsp3) is 0.0667. The first-order chi connectivity index (χ1) is 9.31. The van der Waals surface area contributed by atoms with Crippen molar-refractivity contribution in [1.82, 2.24) is 4.98 Å². The molecule has 92 valence electrons. The van der Waals surface area contributed by atoms with Crippen molar-refractivity contribution in [2.45, 2.75) is 0 Å². The third-order valence-corrected chi connectivity index (χ3v) is 2.87. The number of benzene rings is 2. The summed E-state index contributed by atoms with van der Waals surface area (Å²) in [5.41, 5.74) is 2.62. The summed E-state index contributed by atoms with van der Waals surface area (Å²) in [6.45, 7) is 0. The molecule has 19 heavy (non-hydrogen) atoms. The smallest absolute Gasteiger partial charge is 0.228 e. The molecule has 0 saturated heterocycles. The number of nitrogens with zero attached hydrogens (tertiary/aromatic N) is 2. The predicted octanol–water partition coefficient (Wildman–Crippen LogP) is 3.38. The van der Waals surface area contributed by atoms with E-state index in [0.717, 1.165) is 5.52 Å². The van der Waals surface area contributed by atoms with Crippen LogP contribution in [0, 0.1) is 11.3 Å². The first-order valence-electron chi connectivity index (χ1n) is 5.76. The highest BCUT2D eigenvalue weighted by Crippen LogP contribution is 2.28. The highest BCUT2D eigenvalue weighted by molar-refractivity contribution is 5.78. The number of hydrogen-bond donors (Lipinski definition) is 0. The molecule has 0 amide bonds. The van der Waals surface area contributed by atoms with Gasteiger partial charge in [-0.05, 0) is 24.3 Å². The first kappa shape index (κ1) is 11.3. The Hall–Kier alpha value is -2.80. The summed E-state index contributed by atoms with van der Waals surface area (Å²) < 4.78 is 10.8. The largest absolute Gasteiger partial charge is 0.497 e. The molecule has 0 fully saturated rings. The number of aromatic nitrogens is 1. The van der Waals surface area contributed by atoms with Crippen molar-refractivity contribution in [2.75, 3.05) is 7.11 Å². The molecule has 1 heterocycles. The highest BCUT2D eigenvalue weighted by atomic mass is 16.5. The zero-order valence-electron chi connectivity index (χ0n) is 10.3. The Kier molecular flexibility index (Phi) is 2.66. The maximum absolute atomic E-state index is 9.10.